The Bertz CT molecular complexity index is 1030. The maximum absolute atomic E-state index is 14.0. The first-order valence-electron chi connectivity index (χ1n) is 10.4. The van der Waals surface area contributed by atoms with Crippen molar-refractivity contribution in [1.29, 1.82) is 0 Å². The van der Waals surface area contributed by atoms with Crippen LogP contribution in [-0.4, -0.2) is 54.0 Å². The fourth-order valence-corrected chi connectivity index (χ4v) is 4.56. The molecule has 1 saturated heterocycles. The second kappa shape index (κ2) is 9.53. The van der Waals surface area contributed by atoms with Gasteiger partial charge in [0.25, 0.3) is 0 Å². The molecule has 162 valence electrons. The number of rotatable bonds is 6. The summed E-state index contributed by atoms with van der Waals surface area (Å²) in [6, 6.07) is 8.33. The number of carbonyl (C=O) groups excluding carboxylic acids is 1. The van der Waals surface area contributed by atoms with Crippen LogP contribution in [0, 0.1) is 5.82 Å². The van der Waals surface area contributed by atoms with Crippen molar-refractivity contribution in [1.82, 2.24) is 20.2 Å². The smallest absolute Gasteiger partial charge is 0.226 e. The van der Waals surface area contributed by atoms with Crippen molar-refractivity contribution in [2.45, 2.75) is 19.4 Å². The van der Waals surface area contributed by atoms with E-state index >= 15 is 0 Å². The lowest BCUT2D eigenvalue weighted by Crippen LogP contribution is -2.45. The van der Waals surface area contributed by atoms with E-state index in [4.69, 9.17) is 0 Å². The van der Waals surface area contributed by atoms with Gasteiger partial charge >= 0.3 is 0 Å². The molecule has 1 unspecified atom stereocenters. The average molecular weight is 440 g/mol. The lowest BCUT2D eigenvalue weighted by Gasteiger charge is -2.36. The van der Waals surface area contributed by atoms with E-state index in [0.29, 0.717) is 5.69 Å². The minimum absolute atomic E-state index is 0.135. The number of amides is 1. The largest absolute Gasteiger partial charge is 0.369 e. The SMILES string of the molecule is CC(NC(=O)Cc1csc(-c2cccnc2)n1)c1cc(F)ccc1N1CCN(C)CC1. The molecule has 1 N–H and O–H groups in total. The number of halogens is 1. The molecular formula is C23H26FN5OS. The molecule has 0 saturated carbocycles. The van der Waals surface area contributed by atoms with Gasteiger partial charge in [-0.3, -0.25) is 9.78 Å². The zero-order chi connectivity index (χ0) is 21.8. The molecule has 4 rings (SSSR count). The Balaban J connectivity index is 1.43. The number of piperazine rings is 1. The van der Waals surface area contributed by atoms with Crippen molar-refractivity contribution < 1.29 is 9.18 Å². The van der Waals surface area contributed by atoms with Crippen LogP contribution in [0.1, 0.15) is 24.2 Å². The van der Waals surface area contributed by atoms with Crippen LogP contribution < -0.4 is 10.2 Å². The Morgan fingerprint density at radius 2 is 2.06 bits per heavy atom. The van der Waals surface area contributed by atoms with E-state index in [1.807, 2.05) is 30.5 Å². The van der Waals surface area contributed by atoms with Crippen LogP contribution in [0.15, 0.2) is 48.1 Å². The van der Waals surface area contributed by atoms with Crippen LogP contribution in [0.4, 0.5) is 10.1 Å². The quantitative estimate of drug-likeness (QED) is 0.637. The number of likely N-dealkylation sites (N-methyl/N-ethyl adjacent to an activating group) is 1. The summed E-state index contributed by atoms with van der Waals surface area (Å²) in [5, 5.41) is 5.75. The standard InChI is InChI=1S/C23H26FN5OS/c1-16(20-12-18(24)5-6-21(20)29-10-8-28(2)9-11-29)26-22(30)13-19-15-31-23(27-19)17-4-3-7-25-14-17/h3-7,12,14-16H,8-11,13H2,1-2H3,(H,26,30). The number of thiazole rings is 1. The van der Waals surface area contributed by atoms with E-state index in [0.717, 1.165) is 48.0 Å². The van der Waals surface area contributed by atoms with Gasteiger partial charge in [-0.1, -0.05) is 0 Å². The van der Waals surface area contributed by atoms with Crippen LogP contribution in [-0.2, 0) is 11.2 Å². The maximum Gasteiger partial charge on any atom is 0.226 e. The molecule has 1 aliphatic heterocycles. The summed E-state index contributed by atoms with van der Waals surface area (Å²) in [5.74, 6) is -0.432. The summed E-state index contributed by atoms with van der Waals surface area (Å²) in [6.07, 6.45) is 3.66. The van der Waals surface area contributed by atoms with Gasteiger partial charge in [0, 0.05) is 60.8 Å². The highest BCUT2D eigenvalue weighted by Gasteiger charge is 2.21. The molecular weight excluding hydrogens is 413 g/mol. The van der Waals surface area contributed by atoms with E-state index in [9.17, 15) is 9.18 Å². The van der Waals surface area contributed by atoms with Crippen molar-refractivity contribution in [2.75, 3.05) is 38.1 Å². The van der Waals surface area contributed by atoms with Crippen molar-refractivity contribution >= 4 is 22.9 Å². The van der Waals surface area contributed by atoms with Gasteiger partial charge in [0.15, 0.2) is 0 Å². The predicted octanol–water partition coefficient (Wildman–Crippen LogP) is 3.52. The molecule has 31 heavy (non-hydrogen) atoms. The summed E-state index contributed by atoms with van der Waals surface area (Å²) in [7, 11) is 2.10. The van der Waals surface area contributed by atoms with Crippen LogP contribution in [0.5, 0.6) is 0 Å². The van der Waals surface area contributed by atoms with Gasteiger partial charge in [-0.25, -0.2) is 9.37 Å². The molecule has 1 aromatic carbocycles. The Kier molecular flexibility index (Phi) is 6.58. The van der Waals surface area contributed by atoms with Crippen molar-refractivity contribution in [2.24, 2.45) is 0 Å². The van der Waals surface area contributed by atoms with Gasteiger partial charge < -0.3 is 15.1 Å². The second-order valence-electron chi connectivity index (χ2n) is 7.85. The Morgan fingerprint density at radius 1 is 1.26 bits per heavy atom. The third-order valence-electron chi connectivity index (χ3n) is 5.48. The number of hydrogen-bond donors (Lipinski definition) is 1. The minimum atomic E-state index is -0.311. The molecule has 1 amide bonds. The minimum Gasteiger partial charge on any atom is -0.369 e. The summed E-state index contributed by atoms with van der Waals surface area (Å²) in [6.45, 7) is 5.58. The van der Waals surface area contributed by atoms with Crippen molar-refractivity contribution in [3.63, 3.8) is 0 Å². The van der Waals surface area contributed by atoms with Crippen LogP contribution in [0.2, 0.25) is 0 Å². The zero-order valence-electron chi connectivity index (χ0n) is 17.7. The second-order valence-corrected chi connectivity index (χ2v) is 8.70. The predicted molar refractivity (Wildman–Crippen MR) is 122 cm³/mol. The first-order chi connectivity index (χ1) is 15.0. The molecule has 0 aliphatic carbocycles. The topological polar surface area (TPSA) is 61.4 Å². The summed E-state index contributed by atoms with van der Waals surface area (Å²) >= 11 is 1.49. The lowest BCUT2D eigenvalue weighted by molar-refractivity contribution is -0.121. The van der Waals surface area contributed by atoms with Crippen LogP contribution in [0.3, 0.4) is 0 Å². The Hall–Kier alpha value is -2.84. The monoisotopic (exact) mass is 439 g/mol. The van der Waals surface area contributed by atoms with Crippen LogP contribution >= 0.6 is 11.3 Å². The molecule has 0 radical (unpaired) electrons. The maximum atomic E-state index is 14.0. The van der Waals surface area contributed by atoms with Gasteiger partial charge in [0.05, 0.1) is 18.2 Å². The molecule has 0 spiro atoms. The highest BCUT2D eigenvalue weighted by Crippen LogP contribution is 2.29. The normalized spacial score (nSPS) is 15.6. The van der Waals surface area contributed by atoms with E-state index < -0.39 is 0 Å². The van der Waals surface area contributed by atoms with Gasteiger partial charge in [0.1, 0.15) is 10.8 Å². The zero-order valence-corrected chi connectivity index (χ0v) is 18.5. The van der Waals surface area contributed by atoms with E-state index in [1.54, 1.807) is 12.4 Å². The Morgan fingerprint density at radius 3 is 2.81 bits per heavy atom. The Labute approximate surface area is 185 Å². The molecule has 1 aliphatic rings. The molecule has 3 heterocycles. The summed E-state index contributed by atoms with van der Waals surface area (Å²) in [5.41, 5.74) is 3.43. The van der Waals surface area contributed by atoms with Crippen LogP contribution in [0.25, 0.3) is 10.6 Å². The number of hydrogen-bond acceptors (Lipinski definition) is 6. The molecule has 2 aromatic heterocycles. The molecule has 1 atom stereocenters. The summed E-state index contributed by atoms with van der Waals surface area (Å²) < 4.78 is 14.0. The van der Waals surface area contributed by atoms with Crippen molar-refractivity contribution in [3.05, 3.63) is 65.2 Å². The first kappa shape index (κ1) is 21.4. The average Bonchev–Trinajstić information content (AvgIpc) is 3.23. The molecule has 3 aromatic rings. The number of benzene rings is 1. The van der Waals surface area contributed by atoms with E-state index in [2.05, 4.69) is 32.1 Å². The third kappa shape index (κ3) is 5.26. The highest BCUT2D eigenvalue weighted by molar-refractivity contribution is 7.13. The lowest BCUT2D eigenvalue weighted by atomic mass is 10.0. The van der Waals surface area contributed by atoms with E-state index in [1.165, 1.54) is 23.5 Å². The fourth-order valence-electron chi connectivity index (χ4n) is 3.75. The highest BCUT2D eigenvalue weighted by atomic mass is 32.1. The number of nitrogens with one attached hydrogen (secondary N) is 1. The van der Waals surface area contributed by atoms with E-state index in [-0.39, 0.29) is 24.2 Å². The fraction of sp³-hybridized carbons (Fsp3) is 0.348. The molecule has 8 heteroatoms. The molecule has 6 nitrogen and oxygen atoms in total. The number of pyridine rings is 1. The number of anilines is 1. The van der Waals surface area contributed by atoms with Crippen molar-refractivity contribution in [3.8, 4) is 10.6 Å². The first-order valence-corrected chi connectivity index (χ1v) is 11.2. The molecule has 1 fully saturated rings. The summed E-state index contributed by atoms with van der Waals surface area (Å²) in [4.78, 5) is 25.9. The molecule has 0 bridgehead atoms. The van der Waals surface area contributed by atoms with Gasteiger partial charge in [-0.05, 0) is 44.3 Å². The number of nitrogens with zero attached hydrogens (tertiary/aromatic N) is 4. The third-order valence-corrected chi connectivity index (χ3v) is 6.42. The van der Waals surface area contributed by atoms with Gasteiger partial charge in [0.2, 0.25) is 5.91 Å². The van der Waals surface area contributed by atoms with Gasteiger partial charge in [-0.15, -0.1) is 11.3 Å². The number of aromatic nitrogens is 2. The number of carbonyl (C=O) groups is 1. The van der Waals surface area contributed by atoms with Gasteiger partial charge in [-0.2, -0.15) is 0 Å².